The van der Waals surface area contributed by atoms with Crippen molar-refractivity contribution in [1.29, 1.82) is 0 Å². The van der Waals surface area contributed by atoms with Gasteiger partial charge in [-0.25, -0.2) is 0 Å². The highest BCUT2D eigenvalue weighted by molar-refractivity contribution is 5.67. The van der Waals surface area contributed by atoms with Crippen molar-refractivity contribution in [2.45, 2.75) is 45.1 Å². The molecule has 2 unspecified atom stereocenters. The van der Waals surface area contributed by atoms with E-state index in [0.717, 1.165) is 29.7 Å². The van der Waals surface area contributed by atoms with Crippen LogP contribution in [0.15, 0.2) is 0 Å². The van der Waals surface area contributed by atoms with Gasteiger partial charge in [0.25, 0.3) is 0 Å². The molecule has 0 spiro atoms. The van der Waals surface area contributed by atoms with Crippen LogP contribution in [0.3, 0.4) is 0 Å². The fraction of sp³-hybridized carbons (Fsp3) is 0.769. The van der Waals surface area contributed by atoms with Crippen molar-refractivity contribution < 1.29 is 0 Å². The van der Waals surface area contributed by atoms with Gasteiger partial charge in [-0.15, -0.1) is 0 Å². The molecular weight excluding hydrogens is 212 g/mol. The molecule has 1 aliphatic heterocycles. The molecule has 2 atom stereocenters. The molecule has 2 fully saturated rings. The number of hydrogen-bond acceptors (Lipinski definition) is 3. The van der Waals surface area contributed by atoms with Crippen LogP contribution in [0.2, 0.25) is 0 Å². The fourth-order valence-corrected chi connectivity index (χ4v) is 3.67. The van der Waals surface area contributed by atoms with Crippen LogP contribution < -0.4 is 10.6 Å². The van der Waals surface area contributed by atoms with E-state index in [1.54, 1.807) is 0 Å². The third-order valence-electron chi connectivity index (χ3n) is 4.52. The second-order valence-electron chi connectivity index (χ2n) is 5.54. The van der Waals surface area contributed by atoms with E-state index in [1.165, 1.54) is 32.1 Å². The first-order valence-electron chi connectivity index (χ1n) is 6.74. The van der Waals surface area contributed by atoms with Crippen LogP contribution in [-0.4, -0.2) is 22.4 Å². The zero-order valence-corrected chi connectivity index (χ0v) is 10.8. The number of aryl methyl sites for hydroxylation is 2. The molecule has 1 aromatic rings. The topological polar surface area (TPSA) is 47.1 Å². The van der Waals surface area contributed by atoms with Gasteiger partial charge in [0.1, 0.15) is 0 Å². The highest BCUT2D eigenvalue weighted by Crippen LogP contribution is 2.40. The maximum Gasteiger partial charge on any atom is 0.150 e. The van der Waals surface area contributed by atoms with Gasteiger partial charge in [0, 0.05) is 19.6 Å². The number of aromatic nitrogens is 2. The van der Waals surface area contributed by atoms with Gasteiger partial charge < -0.3 is 10.6 Å². The summed E-state index contributed by atoms with van der Waals surface area (Å²) >= 11 is 0. The van der Waals surface area contributed by atoms with E-state index in [9.17, 15) is 0 Å². The number of fused-ring (bicyclic) bond motifs is 1. The van der Waals surface area contributed by atoms with Crippen LogP contribution in [0, 0.1) is 12.8 Å². The first kappa shape index (κ1) is 10.9. The third-order valence-corrected chi connectivity index (χ3v) is 4.52. The van der Waals surface area contributed by atoms with Gasteiger partial charge in [0.15, 0.2) is 5.82 Å². The lowest BCUT2D eigenvalue weighted by Crippen LogP contribution is -2.36. The summed E-state index contributed by atoms with van der Waals surface area (Å²) in [5.74, 6) is 2.04. The van der Waals surface area contributed by atoms with Gasteiger partial charge in [-0.1, -0.05) is 12.8 Å². The summed E-state index contributed by atoms with van der Waals surface area (Å²) in [4.78, 5) is 2.51. The van der Waals surface area contributed by atoms with Crippen LogP contribution in [0.25, 0.3) is 0 Å². The number of anilines is 2. The molecule has 2 aliphatic rings. The van der Waals surface area contributed by atoms with Crippen molar-refractivity contribution in [2.75, 3.05) is 17.2 Å². The van der Waals surface area contributed by atoms with Crippen LogP contribution in [0.1, 0.15) is 37.8 Å². The van der Waals surface area contributed by atoms with E-state index in [-0.39, 0.29) is 0 Å². The molecule has 1 saturated carbocycles. The van der Waals surface area contributed by atoms with Crippen molar-refractivity contribution in [3.05, 3.63) is 5.69 Å². The first-order valence-corrected chi connectivity index (χ1v) is 6.74. The average molecular weight is 234 g/mol. The van der Waals surface area contributed by atoms with Gasteiger partial charge in [-0.2, -0.15) is 5.10 Å². The van der Waals surface area contributed by atoms with Gasteiger partial charge in [-0.3, -0.25) is 4.68 Å². The SMILES string of the molecule is Cc1nn(C)c(N2CCC3CCCCC32)c1N. The molecule has 2 N–H and O–H groups in total. The summed E-state index contributed by atoms with van der Waals surface area (Å²) in [5, 5.41) is 4.44. The highest BCUT2D eigenvalue weighted by Gasteiger charge is 2.37. The average Bonchev–Trinajstić information content (AvgIpc) is 2.82. The Bertz CT molecular complexity index is 423. The van der Waals surface area contributed by atoms with Crippen molar-refractivity contribution in [2.24, 2.45) is 13.0 Å². The molecule has 3 rings (SSSR count). The predicted molar refractivity (Wildman–Crippen MR) is 70.1 cm³/mol. The lowest BCUT2D eigenvalue weighted by molar-refractivity contribution is 0.340. The largest absolute Gasteiger partial charge is 0.394 e. The maximum absolute atomic E-state index is 6.18. The summed E-state index contributed by atoms with van der Waals surface area (Å²) < 4.78 is 1.96. The van der Waals surface area contributed by atoms with Gasteiger partial charge in [0.05, 0.1) is 11.4 Å². The van der Waals surface area contributed by atoms with Crippen LogP contribution in [0.4, 0.5) is 11.5 Å². The Balaban J connectivity index is 1.93. The van der Waals surface area contributed by atoms with Crippen molar-refractivity contribution in [3.8, 4) is 0 Å². The second-order valence-corrected chi connectivity index (χ2v) is 5.54. The molecule has 0 amide bonds. The number of nitrogens with zero attached hydrogens (tertiary/aromatic N) is 3. The normalized spacial score (nSPS) is 28.5. The minimum atomic E-state index is 0.709. The first-order chi connectivity index (χ1) is 8.18. The molecule has 4 heteroatoms. The maximum atomic E-state index is 6.18. The fourth-order valence-electron chi connectivity index (χ4n) is 3.67. The number of hydrogen-bond donors (Lipinski definition) is 1. The zero-order chi connectivity index (χ0) is 12.0. The number of rotatable bonds is 1. The smallest absolute Gasteiger partial charge is 0.150 e. The Hall–Kier alpha value is -1.19. The minimum Gasteiger partial charge on any atom is -0.394 e. The Labute approximate surface area is 103 Å². The molecule has 2 heterocycles. The predicted octanol–water partition coefficient (Wildman–Crippen LogP) is 2.08. The lowest BCUT2D eigenvalue weighted by atomic mass is 9.85. The Kier molecular flexibility index (Phi) is 2.53. The Morgan fingerprint density at radius 3 is 2.71 bits per heavy atom. The van der Waals surface area contributed by atoms with Gasteiger partial charge in [0.2, 0.25) is 0 Å². The summed E-state index contributed by atoms with van der Waals surface area (Å²) in [6.45, 7) is 3.14. The molecule has 0 bridgehead atoms. The van der Waals surface area contributed by atoms with E-state index in [1.807, 2.05) is 18.7 Å². The van der Waals surface area contributed by atoms with E-state index < -0.39 is 0 Å². The van der Waals surface area contributed by atoms with E-state index in [4.69, 9.17) is 5.73 Å². The highest BCUT2D eigenvalue weighted by atomic mass is 15.4. The molecule has 0 radical (unpaired) electrons. The Morgan fingerprint density at radius 2 is 2.00 bits per heavy atom. The van der Waals surface area contributed by atoms with E-state index in [2.05, 4.69) is 10.00 Å². The quantitative estimate of drug-likeness (QED) is 0.809. The van der Waals surface area contributed by atoms with Crippen molar-refractivity contribution >= 4 is 11.5 Å². The molecule has 0 aromatic carbocycles. The van der Waals surface area contributed by atoms with Crippen molar-refractivity contribution in [1.82, 2.24) is 9.78 Å². The molecule has 1 aromatic heterocycles. The van der Waals surface area contributed by atoms with Crippen LogP contribution in [0.5, 0.6) is 0 Å². The van der Waals surface area contributed by atoms with Crippen molar-refractivity contribution in [3.63, 3.8) is 0 Å². The molecule has 1 aliphatic carbocycles. The van der Waals surface area contributed by atoms with Gasteiger partial charge >= 0.3 is 0 Å². The molecule has 4 nitrogen and oxygen atoms in total. The summed E-state index contributed by atoms with van der Waals surface area (Å²) in [6, 6.07) is 0.709. The molecule has 1 saturated heterocycles. The van der Waals surface area contributed by atoms with E-state index in [0.29, 0.717) is 6.04 Å². The molecule has 17 heavy (non-hydrogen) atoms. The van der Waals surface area contributed by atoms with Gasteiger partial charge in [-0.05, 0) is 32.1 Å². The molecular formula is C13H22N4. The summed E-state index contributed by atoms with van der Waals surface area (Å²) in [6.07, 6.45) is 6.84. The number of nitrogens with two attached hydrogens (primary N) is 1. The van der Waals surface area contributed by atoms with Crippen LogP contribution in [-0.2, 0) is 7.05 Å². The third kappa shape index (κ3) is 1.61. The summed E-state index contributed by atoms with van der Waals surface area (Å²) in [5.41, 5.74) is 8.01. The zero-order valence-electron chi connectivity index (χ0n) is 10.8. The van der Waals surface area contributed by atoms with Crippen LogP contribution >= 0.6 is 0 Å². The van der Waals surface area contributed by atoms with E-state index >= 15 is 0 Å². The second kappa shape index (κ2) is 3.93. The monoisotopic (exact) mass is 234 g/mol. The molecule has 94 valence electrons. The standard InChI is InChI=1S/C13H22N4/c1-9-12(14)13(16(2)15-9)17-8-7-10-5-3-4-6-11(10)17/h10-11H,3-8,14H2,1-2H3. The summed E-state index contributed by atoms with van der Waals surface area (Å²) in [7, 11) is 2.01. The number of nitrogen functional groups attached to an aromatic ring is 1. The Morgan fingerprint density at radius 1 is 1.24 bits per heavy atom. The lowest BCUT2D eigenvalue weighted by Gasteiger charge is -2.33. The minimum absolute atomic E-state index is 0.709.